The summed E-state index contributed by atoms with van der Waals surface area (Å²) >= 11 is 0. The summed E-state index contributed by atoms with van der Waals surface area (Å²) in [5.41, 5.74) is 5.42. The SMILES string of the molecule is NCc1c(F)cccc1S(=O)(=O)NC1CCCCCC1O. The molecule has 5 nitrogen and oxygen atoms in total. The van der Waals surface area contributed by atoms with Crippen LogP contribution in [-0.4, -0.2) is 25.7 Å². The lowest BCUT2D eigenvalue weighted by atomic mass is 10.1. The summed E-state index contributed by atoms with van der Waals surface area (Å²) in [6, 6.07) is 3.32. The maximum atomic E-state index is 13.7. The van der Waals surface area contributed by atoms with Crippen molar-refractivity contribution in [1.82, 2.24) is 4.72 Å². The summed E-state index contributed by atoms with van der Waals surface area (Å²) in [6.07, 6.45) is 3.15. The zero-order valence-electron chi connectivity index (χ0n) is 11.8. The first-order valence-electron chi connectivity index (χ1n) is 7.13. The number of hydrogen-bond donors (Lipinski definition) is 3. The van der Waals surface area contributed by atoms with E-state index >= 15 is 0 Å². The quantitative estimate of drug-likeness (QED) is 0.729. The summed E-state index contributed by atoms with van der Waals surface area (Å²) < 4.78 is 41.1. The summed E-state index contributed by atoms with van der Waals surface area (Å²) in [4.78, 5) is -0.151. The van der Waals surface area contributed by atoms with Crippen molar-refractivity contribution in [3.63, 3.8) is 0 Å². The number of hydrogen-bond acceptors (Lipinski definition) is 4. The van der Waals surface area contributed by atoms with E-state index in [4.69, 9.17) is 5.73 Å². The molecule has 2 rings (SSSR count). The van der Waals surface area contributed by atoms with Crippen LogP contribution in [0.1, 0.15) is 37.7 Å². The molecule has 2 atom stereocenters. The van der Waals surface area contributed by atoms with E-state index in [9.17, 15) is 17.9 Å². The Kier molecular flexibility index (Phi) is 5.32. The number of rotatable bonds is 4. The number of nitrogens with one attached hydrogen (secondary N) is 1. The highest BCUT2D eigenvalue weighted by Gasteiger charge is 2.28. The van der Waals surface area contributed by atoms with Crippen LogP contribution in [0.25, 0.3) is 0 Å². The molecule has 1 aromatic rings. The second-order valence-corrected chi connectivity index (χ2v) is 7.04. The molecular formula is C14H21FN2O3S. The molecule has 0 bridgehead atoms. The zero-order chi connectivity index (χ0) is 15.5. The highest BCUT2D eigenvalue weighted by Crippen LogP contribution is 2.22. The minimum absolute atomic E-state index is 0.0342. The molecule has 0 heterocycles. The highest BCUT2D eigenvalue weighted by molar-refractivity contribution is 7.89. The van der Waals surface area contributed by atoms with Crippen molar-refractivity contribution in [3.8, 4) is 0 Å². The first kappa shape index (κ1) is 16.4. The molecule has 1 fully saturated rings. The molecule has 118 valence electrons. The second-order valence-electron chi connectivity index (χ2n) is 5.35. The van der Waals surface area contributed by atoms with E-state index in [2.05, 4.69) is 4.72 Å². The number of nitrogens with two attached hydrogens (primary N) is 1. The second kappa shape index (κ2) is 6.83. The third kappa shape index (κ3) is 3.79. The molecule has 1 aliphatic rings. The molecule has 2 unspecified atom stereocenters. The number of aliphatic hydroxyl groups is 1. The Morgan fingerprint density at radius 2 is 2.00 bits per heavy atom. The lowest BCUT2D eigenvalue weighted by molar-refractivity contribution is 0.130. The number of aliphatic hydroxyl groups excluding tert-OH is 1. The van der Waals surface area contributed by atoms with Gasteiger partial charge in [-0.2, -0.15) is 0 Å². The maximum Gasteiger partial charge on any atom is 0.241 e. The molecule has 21 heavy (non-hydrogen) atoms. The van der Waals surface area contributed by atoms with Crippen molar-refractivity contribution in [2.75, 3.05) is 0 Å². The van der Waals surface area contributed by atoms with Crippen LogP contribution >= 0.6 is 0 Å². The van der Waals surface area contributed by atoms with Gasteiger partial charge in [0.05, 0.1) is 11.0 Å². The summed E-state index contributed by atoms with van der Waals surface area (Å²) in [5, 5.41) is 10.0. The predicted octanol–water partition coefficient (Wildman–Crippen LogP) is 1.26. The van der Waals surface area contributed by atoms with Gasteiger partial charge in [-0.1, -0.05) is 25.3 Å². The van der Waals surface area contributed by atoms with Crippen LogP contribution in [-0.2, 0) is 16.6 Å². The van der Waals surface area contributed by atoms with Crippen molar-refractivity contribution in [2.24, 2.45) is 5.73 Å². The van der Waals surface area contributed by atoms with Gasteiger partial charge in [-0.25, -0.2) is 17.5 Å². The lowest BCUT2D eigenvalue weighted by Gasteiger charge is -2.22. The smallest absolute Gasteiger partial charge is 0.241 e. The molecular weight excluding hydrogens is 295 g/mol. The molecule has 0 aliphatic heterocycles. The van der Waals surface area contributed by atoms with Crippen molar-refractivity contribution in [1.29, 1.82) is 0 Å². The molecule has 0 amide bonds. The molecule has 0 spiro atoms. The van der Waals surface area contributed by atoms with E-state index < -0.39 is 28.0 Å². The normalized spacial score (nSPS) is 23.8. The van der Waals surface area contributed by atoms with E-state index in [1.165, 1.54) is 18.2 Å². The Morgan fingerprint density at radius 3 is 2.71 bits per heavy atom. The summed E-state index contributed by atoms with van der Waals surface area (Å²) in [7, 11) is -3.90. The molecule has 4 N–H and O–H groups in total. The van der Waals surface area contributed by atoms with Crippen LogP contribution in [0.4, 0.5) is 4.39 Å². The van der Waals surface area contributed by atoms with E-state index in [1.807, 2.05) is 0 Å². The van der Waals surface area contributed by atoms with Crippen molar-refractivity contribution < 1.29 is 17.9 Å². The molecule has 1 saturated carbocycles. The highest BCUT2D eigenvalue weighted by atomic mass is 32.2. The van der Waals surface area contributed by atoms with Gasteiger partial charge in [0, 0.05) is 18.2 Å². The Morgan fingerprint density at radius 1 is 1.29 bits per heavy atom. The minimum atomic E-state index is -3.90. The van der Waals surface area contributed by atoms with E-state index in [-0.39, 0.29) is 17.0 Å². The fraction of sp³-hybridized carbons (Fsp3) is 0.571. The van der Waals surface area contributed by atoms with Crippen molar-refractivity contribution in [3.05, 3.63) is 29.6 Å². The molecule has 0 aromatic heterocycles. The molecule has 7 heteroatoms. The lowest BCUT2D eigenvalue weighted by Crippen LogP contribution is -2.42. The first-order valence-corrected chi connectivity index (χ1v) is 8.62. The van der Waals surface area contributed by atoms with Crippen LogP contribution in [0.15, 0.2) is 23.1 Å². The van der Waals surface area contributed by atoms with Gasteiger partial charge in [0.1, 0.15) is 5.82 Å². The van der Waals surface area contributed by atoms with Crippen molar-refractivity contribution in [2.45, 2.75) is 55.7 Å². The third-order valence-corrected chi connectivity index (χ3v) is 5.43. The Labute approximate surface area is 124 Å². The van der Waals surface area contributed by atoms with Gasteiger partial charge in [-0.15, -0.1) is 0 Å². The standard InChI is InChI=1S/C14H21FN2O3S/c15-11-5-4-8-14(10(11)9-16)21(19,20)17-12-6-2-1-3-7-13(12)18/h4-5,8,12-13,17-18H,1-3,6-7,9,16H2. The Hall–Kier alpha value is -1.02. The average molecular weight is 316 g/mol. The van der Waals surface area contributed by atoms with Gasteiger partial charge in [0.25, 0.3) is 0 Å². The Bertz CT molecular complexity index is 592. The average Bonchev–Trinajstić information content (AvgIpc) is 2.63. The van der Waals surface area contributed by atoms with Crippen LogP contribution in [0.5, 0.6) is 0 Å². The van der Waals surface area contributed by atoms with Gasteiger partial charge < -0.3 is 10.8 Å². The van der Waals surface area contributed by atoms with Gasteiger partial charge in [-0.3, -0.25) is 0 Å². The fourth-order valence-corrected chi connectivity index (χ4v) is 4.24. The topological polar surface area (TPSA) is 92.4 Å². The molecule has 0 saturated heterocycles. The molecule has 0 radical (unpaired) electrons. The third-order valence-electron chi connectivity index (χ3n) is 3.86. The zero-order valence-corrected chi connectivity index (χ0v) is 12.6. The molecule has 1 aromatic carbocycles. The summed E-state index contributed by atoms with van der Waals surface area (Å²) in [5.74, 6) is -0.637. The minimum Gasteiger partial charge on any atom is -0.391 e. The fourth-order valence-electron chi connectivity index (χ4n) is 2.68. The van der Waals surface area contributed by atoms with E-state index in [1.54, 1.807) is 0 Å². The van der Waals surface area contributed by atoms with E-state index in [0.717, 1.165) is 19.3 Å². The maximum absolute atomic E-state index is 13.7. The number of benzene rings is 1. The van der Waals surface area contributed by atoms with Gasteiger partial charge in [0.2, 0.25) is 10.0 Å². The largest absolute Gasteiger partial charge is 0.391 e. The van der Waals surface area contributed by atoms with Gasteiger partial charge in [0.15, 0.2) is 0 Å². The monoisotopic (exact) mass is 316 g/mol. The predicted molar refractivity (Wildman–Crippen MR) is 77.5 cm³/mol. The van der Waals surface area contributed by atoms with Gasteiger partial charge in [-0.05, 0) is 25.0 Å². The van der Waals surface area contributed by atoms with Crippen LogP contribution in [0.3, 0.4) is 0 Å². The van der Waals surface area contributed by atoms with Crippen LogP contribution in [0.2, 0.25) is 0 Å². The van der Waals surface area contributed by atoms with Crippen LogP contribution in [0, 0.1) is 5.82 Å². The summed E-state index contributed by atoms with van der Waals surface area (Å²) in [6.45, 7) is -0.198. The first-order chi connectivity index (χ1) is 9.95. The van der Waals surface area contributed by atoms with Gasteiger partial charge >= 0.3 is 0 Å². The molecule has 1 aliphatic carbocycles. The number of sulfonamides is 1. The Balaban J connectivity index is 2.28. The van der Waals surface area contributed by atoms with Crippen LogP contribution < -0.4 is 10.5 Å². The number of halogens is 1. The van der Waals surface area contributed by atoms with Crippen molar-refractivity contribution >= 4 is 10.0 Å². The van der Waals surface area contributed by atoms with E-state index in [0.29, 0.717) is 12.8 Å².